The maximum Gasteiger partial charge on any atom is 0.239 e. The van der Waals surface area contributed by atoms with Crippen LogP contribution in [-0.2, 0) is 20.9 Å². The van der Waals surface area contributed by atoms with Crippen LogP contribution in [0.3, 0.4) is 0 Å². The van der Waals surface area contributed by atoms with Gasteiger partial charge in [0.25, 0.3) is 0 Å². The standard InChI is InChI=1S/C24H33N3O3/c1-15(2)22(29)27-20-5-3-16(4-6-20)13-25-21(28)14-26-23(30)24-10-17-7-18(11-24)9-19(8-17)12-24/h3-6,15,17-19H,7-14H2,1-2H3,(H,25,28)(H,26,30)(H,27,29). The van der Waals surface area contributed by atoms with E-state index in [-0.39, 0.29) is 35.6 Å². The maximum atomic E-state index is 12.9. The Morgan fingerprint density at radius 3 is 2.03 bits per heavy atom. The molecule has 0 heterocycles. The summed E-state index contributed by atoms with van der Waals surface area (Å²) in [4.78, 5) is 36.9. The Balaban J connectivity index is 1.22. The van der Waals surface area contributed by atoms with Gasteiger partial charge in [-0.15, -0.1) is 0 Å². The Hall–Kier alpha value is -2.37. The summed E-state index contributed by atoms with van der Waals surface area (Å²) < 4.78 is 0. The van der Waals surface area contributed by atoms with Crippen molar-refractivity contribution in [2.24, 2.45) is 29.1 Å². The first-order valence-electron chi connectivity index (χ1n) is 11.3. The number of anilines is 1. The molecule has 0 saturated heterocycles. The molecule has 4 aliphatic carbocycles. The smallest absolute Gasteiger partial charge is 0.239 e. The van der Waals surface area contributed by atoms with E-state index in [1.807, 2.05) is 38.1 Å². The molecular weight excluding hydrogens is 378 g/mol. The predicted molar refractivity (Wildman–Crippen MR) is 115 cm³/mol. The quantitative estimate of drug-likeness (QED) is 0.644. The number of amides is 3. The third-order valence-corrected chi connectivity index (χ3v) is 7.16. The van der Waals surface area contributed by atoms with Gasteiger partial charge < -0.3 is 16.0 Å². The molecule has 0 unspecified atom stereocenters. The van der Waals surface area contributed by atoms with Crippen molar-refractivity contribution in [3.63, 3.8) is 0 Å². The highest BCUT2D eigenvalue weighted by molar-refractivity contribution is 5.92. The Bertz CT molecular complexity index is 780. The fourth-order valence-corrected chi connectivity index (χ4v) is 5.99. The second-order valence-electron chi connectivity index (χ2n) is 10.00. The van der Waals surface area contributed by atoms with Crippen molar-refractivity contribution in [3.05, 3.63) is 29.8 Å². The molecular formula is C24H33N3O3. The molecule has 4 aliphatic rings. The zero-order valence-electron chi connectivity index (χ0n) is 18.0. The van der Waals surface area contributed by atoms with Gasteiger partial charge in [0.15, 0.2) is 0 Å². The summed E-state index contributed by atoms with van der Waals surface area (Å²) >= 11 is 0. The van der Waals surface area contributed by atoms with E-state index in [4.69, 9.17) is 0 Å². The van der Waals surface area contributed by atoms with Crippen LogP contribution in [0.4, 0.5) is 5.69 Å². The molecule has 30 heavy (non-hydrogen) atoms. The van der Waals surface area contributed by atoms with Crippen molar-refractivity contribution in [1.82, 2.24) is 10.6 Å². The van der Waals surface area contributed by atoms with Crippen LogP contribution in [0.1, 0.15) is 57.9 Å². The summed E-state index contributed by atoms with van der Waals surface area (Å²) in [6, 6.07) is 7.42. The first-order chi connectivity index (χ1) is 14.3. The minimum Gasteiger partial charge on any atom is -0.350 e. The van der Waals surface area contributed by atoms with Gasteiger partial charge in [-0.3, -0.25) is 14.4 Å². The van der Waals surface area contributed by atoms with Crippen LogP contribution in [0.25, 0.3) is 0 Å². The highest BCUT2D eigenvalue weighted by Crippen LogP contribution is 2.60. The normalized spacial score (nSPS) is 29.0. The monoisotopic (exact) mass is 411 g/mol. The third kappa shape index (κ3) is 4.52. The summed E-state index contributed by atoms with van der Waals surface area (Å²) in [6.07, 6.45) is 6.91. The van der Waals surface area contributed by atoms with E-state index < -0.39 is 0 Å². The van der Waals surface area contributed by atoms with Gasteiger partial charge in [-0.2, -0.15) is 0 Å². The number of rotatable bonds is 7. The van der Waals surface area contributed by atoms with Gasteiger partial charge in [0.1, 0.15) is 0 Å². The van der Waals surface area contributed by atoms with Gasteiger partial charge in [0.05, 0.1) is 6.54 Å². The summed E-state index contributed by atoms with van der Waals surface area (Å²) in [5.41, 5.74) is 1.47. The van der Waals surface area contributed by atoms with Gasteiger partial charge in [-0.25, -0.2) is 0 Å². The molecule has 0 radical (unpaired) electrons. The first kappa shape index (κ1) is 20.9. The fraction of sp³-hybridized carbons (Fsp3) is 0.625. The molecule has 162 valence electrons. The molecule has 4 saturated carbocycles. The molecule has 6 nitrogen and oxygen atoms in total. The maximum absolute atomic E-state index is 12.9. The SMILES string of the molecule is CC(C)C(=O)Nc1ccc(CNC(=O)CNC(=O)C23CC4CC(CC(C4)C2)C3)cc1. The number of hydrogen-bond donors (Lipinski definition) is 3. The molecule has 0 aromatic heterocycles. The van der Waals surface area contributed by atoms with Crippen molar-refractivity contribution < 1.29 is 14.4 Å². The van der Waals surface area contributed by atoms with Crippen LogP contribution in [0.2, 0.25) is 0 Å². The van der Waals surface area contributed by atoms with Crippen LogP contribution in [0, 0.1) is 29.1 Å². The molecule has 0 spiro atoms. The Morgan fingerprint density at radius 1 is 0.933 bits per heavy atom. The van der Waals surface area contributed by atoms with Crippen molar-refractivity contribution in [2.45, 2.75) is 58.9 Å². The lowest BCUT2D eigenvalue weighted by atomic mass is 9.49. The molecule has 0 aliphatic heterocycles. The molecule has 5 rings (SSSR count). The Morgan fingerprint density at radius 2 is 1.50 bits per heavy atom. The van der Waals surface area contributed by atoms with Crippen molar-refractivity contribution in [1.29, 1.82) is 0 Å². The van der Waals surface area contributed by atoms with E-state index in [2.05, 4.69) is 16.0 Å². The van der Waals surface area contributed by atoms with Gasteiger partial charge in [0, 0.05) is 23.6 Å². The van der Waals surface area contributed by atoms with Crippen molar-refractivity contribution in [3.8, 4) is 0 Å². The third-order valence-electron chi connectivity index (χ3n) is 7.16. The van der Waals surface area contributed by atoms with Crippen LogP contribution in [0.5, 0.6) is 0 Å². The van der Waals surface area contributed by atoms with Crippen LogP contribution in [0.15, 0.2) is 24.3 Å². The van der Waals surface area contributed by atoms with Crippen LogP contribution < -0.4 is 16.0 Å². The van der Waals surface area contributed by atoms with E-state index in [0.717, 1.165) is 30.5 Å². The minimum atomic E-state index is -0.217. The highest BCUT2D eigenvalue weighted by Gasteiger charge is 2.54. The molecule has 4 fully saturated rings. The molecule has 3 amide bonds. The minimum absolute atomic E-state index is 0.0224. The summed E-state index contributed by atoms with van der Waals surface area (Å²) in [5.74, 6) is 1.95. The molecule has 0 atom stereocenters. The number of benzene rings is 1. The first-order valence-corrected chi connectivity index (χ1v) is 11.3. The average Bonchev–Trinajstić information content (AvgIpc) is 2.70. The summed E-state index contributed by atoms with van der Waals surface area (Å²) in [7, 11) is 0. The van der Waals surface area contributed by atoms with Gasteiger partial charge in [-0.1, -0.05) is 26.0 Å². The van der Waals surface area contributed by atoms with E-state index >= 15 is 0 Å². The van der Waals surface area contributed by atoms with Gasteiger partial charge >= 0.3 is 0 Å². The van der Waals surface area contributed by atoms with E-state index in [9.17, 15) is 14.4 Å². The van der Waals surface area contributed by atoms with Crippen molar-refractivity contribution >= 4 is 23.4 Å². The summed E-state index contributed by atoms with van der Waals surface area (Å²) in [6.45, 7) is 4.12. The lowest BCUT2D eigenvalue weighted by Crippen LogP contribution is -2.54. The molecule has 1 aromatic carbocycles. The lowest BCUT2D eigenvalue weighted by molar-refractivity contribution is -0.147. The van der Waals surface area contributed by atoms with Crippen molar-refractivity contribution in [2.75, 3.05) is 11.9 Å². The van der Waals surface area contributed by atoms with E-state index in [1.54, 1.807) is 0 Å². The highest BCUT2D eigenvalue weighted by atomic mass is 16.2. The number of carbonyl (C=O) groups excluding carboxylic acids is 3. The number of nitrogens with one attached hydrogen (secondary N) is 3. The Labute approximate surface area is 178 Å². The van der Waals surface area contributed by atoms with E-state index in [0.29, 0.717) is 24.3 Å². The fourth-order valence-electron chi connectivity index (χ4n) is 5.99. The predicted octanol–water partition coefficient (Wildman–Crippen LogP) is 3.23. The second-order valence-corrected chi connectivity index (χ2v) is 10.00. The van der Waals surface area contributed by atoms with Crippen LogP contribution >= 0.6 is 0 Å². The number of carbonyl (C=O) groups is 3. The lowest BCUT2D eigenvalue weighted by Gasteiger charge is -2.55. The molecule has 3 N–H and O–H groups in total. The molecule has 1 aromatic rings. The average molecular weight is 412 g/mol. The molecule has 4 bridgehead atoms. The van der Waals surface area contributed by atoms with E-state index in [1.165, 1.54) is 19.3 Å². The second kappa shape index (κ2) is 8.40. The van der Waals surface area contributed by atoms with Crippen LogP contribution in [-0.4, -0.2) is 24.3 Å². The van der Waals surface area contributed by atoms with Gasteiger partial charge in [0.2, 0.25) is 17.7 Å². The Kier molecular flexibility index (Phi) is 5.85. The zero-order valence-corrected chi connectivity index (χ0v) is 18.0. The number of hydrogen-bond acceptors (Lipinski definition) is 3. The summed E-state index contributed by atoms with van der Waals surface area (Å²) in [5, 5.41) is 8.63. The molecule has 6 heteroatoms. The topological polar surface area (TPSA) is 87.3 Å². The largest absolute Gasteiger partial charge is 0.350 e. The van der Waals surface area contributed by atoms with Gasteiger partial charge in [-0.05, 0) is 74.0 Å². The zero-order chi connectivity index (χ0) is 21.3.